The number of hydrogen-bond acceptors (Lipinski definition) is 5. The van der Waals surface area contributed by atoms with Crippen LogP contribution in [0.5, 0.6) is 5.75 Å². The first kappa shape index (κ1) is 18.1. The minimum Gasteiger partial charge on any atom is -0.497 e. The molecule has 1 N–H and O–H groups in total. The second kappa shape index (κ2) is 7.40. The van der Waals surface area contributed by atoms with Gasteiger partial charge in [-0.3, -0.25) is 4.79 Å². The molecule has 0 saturated heterocycles. The van der Waals surface area contributed by atoms with E-state index in [-0.39, 0.29) is 5.91 Å². The van der Waals surface area contributed by atoms with Gasteiger partial charge < -0.3 is 10.1 Å². The third kappa shape index (κ3) is 3.46. The van der Waals surface area contributed by atoms with Crippen LogP contribution in [0.1, 0.15) is 16.2 Å². The molecule has 0 aliphatic rings. The van der Waals surface area contributed by atoms with Crippen LogP contribution < -0.4 is 10.1 Å². The molecule has 0 bridgehead atoms. The lowest BCUT2D eigenvalue weighted by Gasteiger charge is -2.09. The second-order valence-corrected chi connectivity index (χ2v) is 6.97. The first-order chi connectivity index (χ1) is 13.5. The molecule has 140 valence electrons. The lowest BCUT2D eigenvalue weighted by Crippen LogP contribution is -2.12. The van der Waals surface area contributed by atoms with Crippen molar-refractivity contribution in [3.8, 4) is 17.0 Å². The van der Waals surface area contributed by atoms with Crippen LogP contribution >= 0.6 is 15.9 Å². The van der Waals surface area contributed by atoms with E-state index in [0.717, 1.165) is 17.1 Å². The van der Waals surface area contributed by atoms with E-state index in [1.54, 1.807) is 29.8 Å². The Hall–Kier alpha value is -3.26. The maximum absolute atomic E-state index is 12.6. The van der Waals surface area contributed by atoms with Gasteiger partial charge in [-0.05, 0) is 65.3 Å². The maximum atomic E-state index is 12.6. The van der Waals surface area contributed by atoms with E-state index in [1.807, 2.05) is 43.3 Å². The molecular weight excluding hydrogens is 422 g/mol. The van der Waals surface area contributed by atoms with Crippen molar-refractivity contribution in [1.29, 1.82) is 0 Å². The summed E-state index contributed by atoms with van der Waals surface area (Å²) in [5.74, 6) is 1.12. The van der Waals surface area contributed by atoms with Crippen LogP contribution in [0.3, 0.4) is 0 Å². The van der Waals surface area contributed by atoms with E-state index in [4.69, 9.17) is 4.74 Å². The number of carbonyl (C=O) groups excluding carboxylic acids is 1. The number of anilines is 1. The first-order valence-electron chi connectivity index (χ1n) is 8.49. The number of aromatic nitrogens is 4. The van der Waals surface area contributed by atoms with E-state index in [1.165, 1.54) is 0 Å². The molecule has 2 heterocycles. The Morgan fingerprint density at radius 3 is 2.61 bits per heavy atom. The van der Waals surface area contributed by atoms with Gasteiger partial charge in [-0.25, -0.2) is 0 Å². The van der Waals surface area contributed by atoms with Crippen LogP contribution in [0.25, 0.3) is 16.9 Å². The molecule has 8 heteroatoms. The minimum atomic E-state index is -0.224. The van der Waals surface area contributed by atoms with Crippen molar-refractivity contribution in [3.05, 3.63) is 70.5 Å². The first-order valence-corrected chi connectivity index (χ1v) is 9.29. The predicted octanol–water partition coefficient (Wildman–Crippen LogP) is 4.12. The quantitative estimate of drug-likeness (QED) is 0.519. The number of carbonyl (C=O) groups is 1. The Morgan fingerprint density at radius 2 is 1.86 bits per heavy atom. The van der Waals surface area contributed by atoms with E-state index < -0.39 is 0 Å². The third-order valence-corrected chi connectivity index (χ3v) is 4.97. The standard InChI is InChI=1S/C20H16BrN5O2/c1-12-23-24-19-10-9-18(25-26(12)19)13-3-5-14(6-4-13)22-20(27)16-11-15(28-2)7-8-17(16)21/h3-11H,1-2H3,(H,22,27). The van der Waals surface area contributed by atoms with Gasteiger partial charge in [-0.1, -0.05) is 12.1 Å². The van der Waals surface area contributed by atoms with Crippen molar-refractivity contribution in [3.63, 3.8) is 0 Å². The summed E-state index contributed by atoms with van der Waals surface area (Å²) in [7, 11) is 1.57. The minimum absolute atomic E-state index is 0.224. The molecule has 28 heavy (non-hydrogen) atoms. The van der Waals surface area contributed by atoms with Crippen LogP contribution in [0, 0.1) is 6.92 Å². The van der Waals surface area contributed by atoms with Gasteiger partial charge in [0.15, 0.2) is 11.5 Å². The van der Waals surface area contributed by atoms with E-state index >= 15 is 0 Å². The molecule has 0 fully saturated rings. The SMILES string of the molecule is COc1ccc(Br)c(C(=O)Nc2ccc(-c3ccc4nnc(C)n4n3)cc2)c1. The zero-order chi connectivity index (χ0) is 19.7. The van der Waals surface area contributed by atoms with Gasteiger partial charge in [0.1, 0.15) is 5.75 Å². The summed E-state index contributed by atoms with van der Waals surface area (Å²) in [6, 6.07) is 16.5. The van der Waals surface area contributed by atoms with Gasteiger partial charge >= 0.3 is 0 Å². The lowest BCUT2D eigenvalue weighted by atomic mass is 10.1. The van der Waals surface area contributed by atoms with E-state index in [2.05, 4.69) is 36.5 Å². The number of halogens is 1. The lowest BCUT2D eigenvalue weighted by molar-refractivity contribution is 0.102. The number of nitrogens with zero attached hydrogens (tertiary/aromatic N) is 4. The number of fused-ring (bicyclic) bond motifs is 1. The highest BCUT2D eigenvalue weighted by Crippen LogP contribution is 2.24. The number of hydrogen-bond donors (Lipinski definition) is 1. The Morgan fingerprint density at radius 1 is 1.07 bits per heavy atom. The molecule has 2 aromatic carbocycles. The molecule has 4 aromatic rings. The Labute approximate surface area is 169 Å². The van der Waals surface area contributed by atoms with Gasteiger partial charge in [0, 0.05) is 15.7 Å². The van der Waals surface area contributed by atoms with Crippen molar-refractivity contribution in [1.82, 2.24) is 19.8 Å². The molecule has 0 radical (unpaired) electrons. The highest BCUT2D eigenvalue weighted by atomic mass is 79.9. The predicted molar refractivity (Wildman–Crippen MR) is 110 cm³/mol. The number of benzene rings is 2. The van der Waals surface area contributed by atoms with E-state index in [0.29, 0.717) is 27.1 Å². The molecule has 0 saturated carbocycles. The molecule has 1 amide bonds. The number of methoxy groups -OCH3 is 1. The van der Waals surface area contributed by atoms with Gasteiger partial charge in [0.2, 0.25) is 0 Å². The fourth-order valence-corrected chi connectivity index (χ4v) is 3.20. The van der Waals surface area contributed by atoms with Gasteiger partial charge in [0.25, 0.3) is 5.91 Å². The van der Waals surface area contributed by atoms with Gasteiger partial charge in [-0.15, -0.1) is 10.2 Å². The number of amides is 1. The zero-order valence-corrected chi connectivity index (χ0v) is 16.8. The summed E-state index contributed by atoms with van der Waals surface area (Å²) in [6.07, 6.45) is 0. The largest absolute Gasteiger partial charge is 0.497 e. The highest BCUT2D eigenvalue weighted by Gasteiger charge is 2.12. The van der Waals surface area contributed by atoms with Crippen molar-refractivity contribution >= 4 is 33.2 Å². The fourth-order valence-electron chi connectivity index (χ4n) is 2.78. The molecule has 0 unspecified atom stereocenters. The zero-order valence-electron chi connectivity index (χ0n) is 15.2. The fraction of sp³-hybridized carbons (Fsp3) is 0.100. The van der Waals surface area contributed by atoms with Crippen LogP contribution in [-0.4, -0.2) is 32.8 Å². The van der Waals surface area contributed by atoms with Crippen LogP contribution in [0.15, 0.2) is 59.1 Å². The smallest absolute Gasteiger partial charge is 0.256 e. The molecule has 0 aliphatic carbocycles. The Balaban J connectivity index is 1.56. The topological polar surface area (TPSA) is 81.4 Å². The average Bonchev–Trinajstić information content (AvgIpc) is 3.09. The summed E-state index contributed by atoms with van der Waals surface area (Å²) < 4.78 is 7.59. The monoisotopic (exact) mass is 437 g/mol. The molecule has 7 nitrogen and oxygen atoms in total. The van der Waals surface area contributed by atoms with Crippen molar-refractivity contribution in [2.45, 2.75) is 6.92 Å². The highest BCUT2D eigenvalue weighted by molar-refractivity contribution is 9.10. The van der Waals surface area contributed by atoms with Crippen LogP contribution in [0.2, 0.25) is 0 Å². The van der Waals surface area contributed by atoms with Crippen molar-refractivity contribution in [2.24, 2.45) is 0 Å². The summed E-state index contributed by atoms with van der Waals surface area (Å²) >= 11 is 3.40. The van der Waals surface area contributed by atoms with Crippen LogP contribution in [0.4, 0.5) is 5.69 Å². The average molecular weight is 438 g/mol. The molecular formula is C20H16BrN5O2. The van der Waals surface area contributed by atoms with Gasteiger partial charge in [-0.2, -0.15) is 9.61 Å². The van der Waals surface area contributed by atoms with Crippen molar-refractivity contribution in [2.75, 3.05) is 12.4 Å². The van der Waals surface area contributed by atoms with E-state index in [9.17, 15) is 4.79 Å². The second-order valence-electron chi connectivity index (χ2n) is 6.11. The number of aryl methyl sites for hydroxylation is 1. The van der Waals surface area contributed by atoms with Crippen LogP contribution in [-0.2, 0) is 0 Å². The summed E-state index contributed by atoms with van der Waals surface area (Å²) in [4.78, 5) is 12.6. The molecule has 2 aromatic heterocycles. The number of ether oxygens (including phenoxy) is 1. The number of nitrogens with one attached hydrogen (secondary N) is 1. The third-order valence-electron chi connectivity index (χ3n) is 4.28. The molecule has 0 spiro atoms. The summed E-state index contributed by atoms with van der Waals surface area (Å²) in [6.45, 7) is 1.85. The summed E-state index contributed by atoms with van der Waals surface area (Å²) in [5, 5.41) is 15.5. The molecule has 0 aliphatic heterocycles. The Bertz CT molecular complexity index is 1170. The maximum Gasteiger partial charge on any atom is 0.256 e. The van der Waals surface area contributed by atoms with Crippen molar-refractivity contribution < 1.29 is 9.53 Å². The summed E-state index contributed by atoms with van der Waals surface area (Å²) in [5.41, 5.74) is 3.61. The van der Waals surface area contributed by atoms with Gasteiger partial charge in [0.05, 0.1) is 18.4 Å². The molecule has 0 atom stereocenters. The normalized spacial score (nSPS) is 10.8. The molecule has 4 rings (SSSR count). The number of rotatable bonds is 4. The Kier molecular flexibility index (Phi) is 4.79.